The fourth-order valence-electron chi connectivity index (χ4n) is 3.47. The largest absolute Gasteiger partial charge is 0.283 e. The normalized spacial score (nSPS) is 16.3. The number of hydrogen-bond acceptors (Lipinski definition) is 2. The molecule has 0 spiro atoms. The third kappa shape index (κ3) is 14.4. The maximum Gasteiger partial charge on any atom is 0.0676 e. The lowest BCUT2D eigenvalue weighted by atomic mass is 10.0. The third-order valence-corrected chi connectivity index (χ3v) is 6.26. The van der Waals surface area contributed by atoms with Gasteiger partial charge in [-0.1, -0.05) is 103 Å². The van der Waals surface area contributed by atoms with Gasteiger partial charge in [0.25, 0.3) is 0 Å². The fraction of sp³-hybridized carbons (Fsp3) is 0.955. The lowest BCUT2D eigenvalue weighted by Gasteiger charge is -2.03. The zero-order chi connectivity index (χ0) is 17.1. The Morgan fingerprint density at radius 3 is 1.54 bits per heavy atom. The van der Waals surface area contributed by atoms with E-state index in [4.69, 9.17) is 4.99 Å². The lowest BCUT2D eigenvalue weighted by molar-refractivity contribution is 0.530. The van der Waals surface area contributed by atoms with E-state index < -0.39 is 0 Å². The van der Waals surface area contributed by atoms with Gasteiger partial charge in [-0.05, 0) is 25.0 Å². The van der Waals surface area contributed by atoms with Crippen LogP contribution in [0.5, 0.6) is 0 Å². The van der Waals surface area contributed by atoms with E-state index in [-0.39, 0.29) is 0 Å². The van der Waals surface area contributed by atoms with Crippen LogP contribution in [0.3, 0.4) is 0 Å². The molecule has 1 fully saturated rings. The van der Waals surface area contributed by atoms with Crippen LogP contribution >= 0.6 is 11.8 Å². The van der Waals surface area contributed by atoms with E-state index in [0.29, 0.717) is 0 Å². The van der Waals surface area contributed by atoms with Gasteiger partial charge in [0.1, 0.15) is 0 Å². The van der Waals surface area contributed by atoms with Crippen LogP contribution in [-0.2, 0) is 0 Å². The molecule has 0 unspecified atom stereocenters. The number of rotatable bonds is 17. The molecule has 2 heteroatoms. The fourth-order valence-corrected chi connectivity index (χ4v) is 4.47. The smallest absolute Gasteiger partial charge is 0.0676 e. The maximum absolute atomic E-state index is 4.71. The summed E-state index contributed by atoms with van der Waals surface area (Å²) >= 11 is 1.98. The second kappa shape index (κ2) is 17.8. The van der Waals surface area contributed by atoms with Crippen molar-refractivity contribution >= 4 is 16.8 Å². The Labute approximate surface area is 156 Å². The van der Waals surface area contributed by atoms with Crippen molar-refractivity contribution in [3.05, 3.63) is 0 Å². The van der Waals surface area contributed by atoms with Crippen molar-refractivity contribution in [3.8, 4) is 0 Å². The van der Waals surface area contributed by atoms with E-state index in [1.165, 1.54) is 126 Å². The Bertz CT molecular complexity index is 280. The van der Waals surface area contributed by atoms with Crippen molar-refractivity contribution in [1.82, 2.24) is 0 Å². The molecule has 1 heterocycles. The Morgan fingerprint density at radius 1 is 0.667 bits per heavy atom. The topological polar surface area (TPSA) is 12.4 Å². The van der Waals surface area contributed by atoms with Crippen LogP contribution in [0.15, 0.2) is 4.99 Å². The molecule has 1 aliphatic heterocycles. The summed E-state index contributed by atoms with van der Waals surface area (Å²) in [5.74, 6) is 1.30. The predicted octanol–water partition coefficient (Wildman–Crippen LogP) is 8.17. The first-order chi connectivity index (χ1) is 11.9. The summed E-state index contributed by atoms with van der Waals surface area (Å²) in [6, 6.07) is 0. The molecule has 0 aromatic carbocycles. The summed E-state index contributed by atoms with van der Waals surface area (Å²) in [6.45, 7) is 3.38. The van der Waals surface area contributed by atoms with Gasteiger partial charge < -0.3 is 0 Å². The van der Waals surface area contributed by atoms with Crippen molar-refractivity contribution in [3.63, 3.8) is 0 Å². The van der Waals surface area contributed by atoms with Gasteiger partial charge in [0.05, 0.1) is 5.04 Å². The van der Waals surface area contributed by atoms with Crippen molar-refractivity contribution in [2.45, 2.75) is 122 Å². The van der Waals surface area contributed by atoms with Gasteiger partial charge in [-0.15, -0.1) is 11.8 Å². The van der Waals surface area contributed by atoms with E-state index in [1.54, 1.807) is 0 Å². The monoisotopic (exact) mass is 353 g/mol. The number of nitrogens with zero attached hydrogens (tertiary/aromatic N) is 1. The summed E-state index contributed by atoms with van der Waals surface area (Å²) in [5, 5.41) is 1.43. The molecule has 0 aliphatic carbocycles. The highest BCUT2D eigenvalue weighted by atomic mass is 32.2. The molecule has 1 rings (SSSR count). The van der Waals surface area contributed by atoms with E-state index in [9.17, 15) is 0 Å². The van der Waals surface area contributed by atoms with Gasteiger partial charge in [0.15, 0.2) is 0 Å². The molecule has 1 saturated heterocycles. The molecule has 1 aliphatic rings. The van der Waals surface area contributed by atoms with E-state index in [1.807, 2.05) is 11.8 Å². The maximum atomic E-state index is 4.71. The molecule has 0 aromatic heterocycles. The molecule has 24 heavy (non-hydrogen) atoms. The highest BCUT2D eigenvalue weighted by molar-refractivity contribution is 8.14. The molecule has 0 bridgehead atoms. The van der Waals surface area contributed by atoms with Crippen LogP contribution in [0, 0.1) is 0 Å². The van der Waals surface area contributed by atoms with E-state index >= 15 is 0 Å². The highest BCUT2D eigenvalue weighted by Crippen LogP contribution is 2.20. The first-order valence-electron chi connectivity index (χ1n) is 11.1. The summed E-state index contributed by atoms with van der Waals surface area (Å²) < 4.78 is 0. The molecule has 0 atom stereocenters. The van der Waals surface area contributed by atoms with Gasteiger partial charge in [0, 0.05) is 6.54 Å². The quantitative estimate of drug-likeness (QED) is 0.240. The summed E-state index contributed by atoms with van der Waals surface area (Å²) in [7, 11) is 0. The average molecular weight is 354 g/mol. The SMILES string of the molecule is CCCCCCCCCCCCCCCCCCN=C1CCCS1. The van der Waals surface area contributed by atoms with E-state index in [2.05, 4.69) is 6.92 Å². The number of thioether (sulfide) groups is 1. The third-order valence-electron chi connectivity index (χ3n) is 5.10. The minimum absolute atomic E-state index is 1.08. The molecule has 0 N–H and O–H groups in total. The van der Waals surface area contributed by atoms with Crippen molar-refractivity contribution in [2.24, 2.45) is 4.99 Å². The standard InChI is InChI=1S/C22H43NS/c1-2-3-4-5-6-7-8-9-10-11-12-13-14-15-16-17-20-23-22-19-18-21-24-22/h2-21H2,1H3. The van der Waals surface area contributed by atoms with Crippen LogP contribution in [0.4, 0.5) is 0 Å². The van der Waals surface area contributed by atoms with Gasteiger partial charge in [-0.3, -0.25) is 4.99 Å². The Kier molecular flexibility index (Phi) is 16.4. The van der Waals surface area contributed by atoms with Crippen LogP contribution in [-0.4, -0.2) is 17.3 Å². The highest BCUT2D eigenvalue weighted by Gasteiger charge is 2.07. The Morgan fingerprint density at radius 2 is 1.12 bits per heavy atom. The molecule has 0 radical (unpaired) electrons. The summed E-state index contributed by atoms with van der Waals surface area (Å²) in [6.07, 6.45) is 25.7. The van der Waals surface area contributed by atoms with Crippen molar-refractivity contribution in [1.29, 1.82) is 0 Å². The average Bonchev–Trinajstić information content (AvgIpc) is 3.11. The Hall–Kier alpha value is 0.0200. The van der Waals surface area contributed by atoms with Gasteiger partial charge >= 0.3 is 0 Å². The molecule has 0 saturated carbocycles. The van der Waals surface area contributed by atoms with Crippen LogP contribution in [0.25, 0.3) is 0 Å². The van der Waals surface area contributed by atoms with Crippen molar-refractivity contribution < 1.29 is 0 Å². The molecule has 142 valence electrons. The second-order valence-electron chi connectivity index (χ2n) is 7.53. The number of aliphatic imine (C=N–C) groups is 1. The molecule has 0 aromatic rings. The van der Waals surface area contributed by atoms with Crippen molar-refractivity contribution in [2.75, 3.05) is 12.3 Å². The zero-order valence-electron chi connectivity index (χ0n) is 16.5. The molecular weight excluding hydrogens is 310 g/mol. The molecule has 1 nitrogen and oxygen atoms in total. The summed E-state index contributed by atoms with van der Waals surface area (Å²) in [5.41, 5.74) is 0. The second-order valence-corrected chi connectivity index (χ2v) is 8.70. The zero-order valence-corrected chi connectivity index (χ0v) is 17.3. The van der Waals surface area contributed by atoms with E-state index in [0.717, 1.165) is 6.54 Å². The minimum atomic E-state index is 1.08. The number of hydrogen-bond donors (Lipinski definition) is 0. The predicted molar refractivity (Wildman–Crippen MR) is 114 cm³/mol. The number of unbranched alkanes of at least 4 members (excludes halogenated alkanes) is 15. The van der Waals surface area contributed by atoms with Gasteiger partial charge in [-0.25, -0.2) is 0 Å². The molecular formula is C22H43NS. The van der Waals surface area contributed by atoms with Crippen LogP contribution in [0.2, 0.25) is 0 Å². The van der Waals surface area contributed by atoms with Crippen LogP contribution < -0.4 is 0 Å². The minimum Gasteiger partial charge on any atom is -0.283 e. The first kappa shape index (κ1) is 22.1. The van der Waals surface area contributed by atoms with Gasteiger partial charge in [0.2, 0.25) is 0 Å². The van der Waals surface area contributed by atoms with Crippen LogP contribution in [0.1, 0.15) is 122 Å². The Balaban J connectivity index is 1.67. The summed E-state index contributed by atoms with van der Waals surface area (Å²) in [4.78, 5) is 4.71. The lowest BCUT2D eigenvalue weighted by Crippen LogP contribution is -1.89. The first-order valence-corrected chi connectivity index (χ1v) is 12.1. The molecule has 0 amide bonds. The van der Waals surface area contributed by atoms with Gasteiger partial charge in [-0.2, -0.15) is 0 Å².